The van der Waals surface area contributed by atoms with Crippen LogP contribution in [0.4, 0.5) is 0 Å². The van der Waals surface area contributed by atoms with Crippen molar-refractivity contribution in [3.05, 3.63) is 58.3 Å². The van der Waals surface area contributed by atoms with Gasteiger partial charge in [0.15, 0.2) is 0 Å². The van der Waals surface area contributed by atoms with Crippen molar-refractivity contribution < 1.29 is 9.32 Å². The summed E-state index contributed by atoms with van der Waals surface area (Å²) in [5.74, 6) is 2.08. The van der Waals surface area contributed by atoms with Gasteiger partial charge in [-0.3, -0.25) is 9.59 Å². The van der Waals surface area contributed by atoms with Gasteiger partial charge in [-0.2, -0.15) is 5.10 Å². The molecule has 0 spiro atoms. The third-order valence-corrected chi connectivity index (χ3v) is 3.26. The van der Waals surface area contributed by atoms with E-state index in [4.69, 9.17) is 10.9 Å². The summed E-state index contributed by atoms with van der Waals surface area (Å²) >= 11 is 0. The van der Waals surface area contributed by atoms with E-state index in [1.54, 1.807) is 24.3 Å². The number of nitrogens with zero attached hydrogens (tertiary/aromatic N) is 3. The van der Waals surface area contributed by atoms with Crippen molar-refractivity contribution in [2.75, 3.05) is 0 Å². The van der Waals surface area contributed by atoms with Gasteiger partial charge in [-0.15, -0.1) is 6.42 Å². The zero-order valence-electron chi connectivity index (χ0n) is 12.0. The highest BCUT2D eigenvalue weighted by Crippen LogP contribution is 2.13. The first-order chi connectivity index (χ1) is 11.2. The number of carbonyl (C=O) groups is 1. The quantitative estimate of drug-likeness (QED) is 0.725. The number of aromatic nitrogens is 3. The number of benzene rings is 1. The van der Waals surface area contributed by atoms with Crippen LogP contribution in [0.1, 0.15) is 16.2 Å². The van der Waals surface area contributed by atoms with Gasteiger partial charge in [-0.1, -0.05) is 29.3 Å². The Labute approximate surface area is 130 Å². The topological polar surface area (TPSA) is 90.0 Å². The molecule has 7 heteroatoms. The summed E-state index contributed by atoms with van der Waals surface area (Å²) in [4.78, 5) is 24.2. The van der Waals surface area contributed by atoms with E-state index in [0.29, 0.717) is 16.5 Å². The lowest BCUT2D eigenvalue weighted by molar-refractivity contribution is 0.0913. The maximum Gasteiger partial charge on any atom is 0.290 e. The molecule has 0 aliphatic heterocycles. The van der Waals surface area contributed by atoms with E-state index in [0.717, 1.165) is 0 Å². The van der Waals surface area contributed by atoms with Crippen molar-refractivity contribution in [2.45, 2.75) is 13.1 Å². The average molecular weight is 308 g/mol. The van der Waals surface area contributed by atoms with Crippen LogP contribution in [0.15, 0.2) is 45.8 Å². The molecular formula is C16H12N4O3. The summed E-state index contributed by atoms with van der Waals surface area (Å²) < 4.78 is 6.00. The van der Waals surface area contributed by atoms with E-state index in [1.165, 1.54) is 16.9 Å². The second-order valence-electron chi connectivity index (χ2n) is 4.72. The number of hydrogen-bond donors (Lipinski definition) is 1. The van der Waals surface area contributed by atoms with Crippen molar-refractivity contribution in [3.8, 4) is 12.3 Å². The van der Waals surface area contributed by atoms with Crippen LogP contribution >= 0.6 is 0 Å². The highest BCUT2D eigenvalue weighted by Gasteiger charge is 2.13. The van der Waals surface area contributed by atoms with Crippen LogP contribution in [0.5, 0.6) is 0 Å². The molecule has 0 aliphatic carbocycles. The Bertz CT molecular complexity index is 952. The van der Waals surface area contributed by atoms with Crippen molar-refractivity contribution in [2.24, 2.45) is 0 Å². The normalized spacial score (nSPS) is 10.4. The van der Waals surface area contributed by atoms with E-state index < -0.39 is 5.91 Å². The van der Waals surface area contributed by atoms with Gasteiger partial charge in [0, 0.05) is 11.5 Å². The minimum Gasteiger partial charge on any atom is -0.351 e. The summed E-state index contributed by atoms with van der Waals surface area (Å²) in [5, 5.41) is 11.6. The molecule has 1 amide bonds. The first kappa shape index (κ1) is 14.5. The fourth-order valence-corrected chi connectivity index (χ4v) is 2.21. The third kappa shape index (κ3) is 2.82. The van der Waals surface area contributed by atoms with E-state index in [9.17, 15) is 9.59 Å². The molecule has 1 aromatic carbocycles. The largest absolute Gasteiger partial charge is 0.351 e. The number of terminal acetylenes is 1. The van der Waals surface area contributed by atoms with Gasteiger partial charge in [-0.25, -0.2) is 4.68 Å². The summed E-state index contributed by atoms with van der Waals surface area (Å²) in [5.41, 5.74) is 0.284. The Kier molecular flexibility index (Phi) is 3.89. The lowest BCUT2D eigenvalue weighted by Crippen LogP contribution is -2.28. The van der Waals surface area contributed by atoms with Crippen molar-refractivity contribution in [1.29, 1.82) is 0 Å². The Hall–Kier alpha value is -3.40. The Balaban J connectivity index is 1.96. The summed E-state index contributed by atoms with van der Waals surface area (Å²) in [6, 6.07) is 8.51. The van der Waals surface area contributed by atoms with E-state index in [-0.39, 0.29) is 24.4 Å². The summed E-state index contributed by atoms with van der Waals surface area (Å²) in [6.07, 6.45) is 6.66. The molecule has 0 radical (unpaired) electrons. The maximum absolute atomic E-state index is 12.3. The highest BCUT2D eigenvalue weighted by atomic mass is 16.5. The molecule has 2 heterocycles. The standard InChI is InChI=1S/C16H12N4O3/c1-2-9-20-16(22)12-6-4-3-5-11(12)13(19-20)10-17-15(21)14-7-8-18-23-14/h1,3-8H,9-10H2,(H,17,21). The molecule has 0 aliphatic rings. The maximum atomic E-state index is 12.3. The van der Waals surface area contributed by atoms with Gasteiger partial charge in [0.2, 0.25) is 5.76 Å². The van der Waals surface area contributed by atoms with Gasteiger partial charge in [0.1, 0.15) is 6.54 Å². The lowest BCUT2D eigenvalue weighted by atomic mass is 10.1. The molecule has 3 rings (SSSR count). The molecule has 23 heavy (non-hydrogen) atoms. The number of carbonyl (C=O) groups excluding carboxylic acids is 1. The predicted octanol–water partition coefficient (Wildman–Crippen LogP) is 0.948. The number of fused-ring (bicyclic) bond motifs is 1. The van der Waals surface area contributed by atoms with Gasteiger partial charge >= 0.3 is 0 Å². The first-order valence-corrected chi connectivity index (χ1v) is 6.82. The van der Waals surface area contributed by atoms with Gasteiger partial charge in [-0.05, 0) is 6.07 Å². The Morgan fingerprint density at radius 3 is 2.78 bits per heavy atom. The number of nitrogens with one attached hydrogen (secondary N) is 1. The Morgan fingerprint density at radius 2 is 2.09 bits per heavy atom. The number of rotatable bonds is 4. The zero-order chi connectivity index (χ0) is 16.2. The van der Waals surface area contributed by atoms with Gasteiger partial charge < -0.3 is 9.84 Å². The number of amides is 1. The molecule has 114 valence electrons. The summed E-state index contributed by atoms with van der Waals surface area (Å²) in [7, 11) is 0. The zero-order valence-corrected chi connectivity index (χ0v) is 12.0. The second kappa shape index (κ2) is 6.15. The van der Waals surface area contributed by atoms with Crippen LogP contribution < -0.4 is 10.9 Å². The monoisotopic (exact) mass is 308 g/mol. The smallest absolute Gasteiger partial charge is 0.290 e. The van der Waals surface area contributed by atoms with Crippen LogP contribution in [-0.4, -0.2) is 20.8 Å². The minimum absolute atomic E-state index is 0.0622. The first-order valence-electron chi connectivity index (χ1n) is 6.82. The third-order valence-electron chi connectivity index (χ3n) is 3.26. The molecule has 0 bridgehead atoms. The van der Waals surface area contributed by atoms with Crippen molar-refractivity contribution >= 4 is 16.7 Å². The minimum atomic E-state index is -0.414. The number of hydrogen-bond acceptors (Lipinski definition) is 5. The molecule has 0 fully saturated rings. The fraction of sp³-hybridized carbons (Fsp3) is 0.125. The predicted molar refractivity (Wildman–Crippen MR) is 82.5 cm³/mol. The molecule has 0 unspecified atom stereocenters. The van der Waals surface area contributed by atoms with E-state index in [1.807, 2.05) is 0 Å². The molecule has 0 saturated carbocycles. The van der Waals surface area contributed by atoms with Crippen LogP contribution in [-0.2, 0) is 13.1 Å². The van der Waals surface area contributed by atoms with Gasteiger partial charge in [0.05, 0.1) is 23.8 Å². The van der Waals surface area contributed by atoms with Crippen LogP contribution in [0, 0.1) is 12.3 Å². The SMILES string of the molecule is C#CCn1nc(CNC(=O)c2ccno2)c2ccccc2c1=O. The molecule has 0 saturated heterocycles. The molecule has 1 N–H and O–H groups in total. The average Bonchev–Trinajstić information content (AvgIpc) is 3.11. The Morgan fingerprint density at radius 1 is 1.30 bits per heavy atom. The molecule has 0 atom stereocenters. The van der Waals surface area contributed by atoms with Crippen molar-refractivity contribution in [1.82, 2.24) is 20.3 Å². The highest BCUT2D eigenvalue weighted by molar-refractivity contribution is 5.91. The lowest BCUT2D eigenvalue weighted by Gasteiger charge is -2.09. The molecule has 2 aromatic heterocycles. The van der Waals surface area contributed by atoms with Crippen LogP contribution in [0.3, 0.4) is 0 Å². The molecular weight excluding hydrogens is 296 g/mol. The summed E-state index contributed by atoms with van der Waals surface area (Å²) in [6.45, 7) is 0.192. The van der Waals surface area contributed by atoms with Gasteiger partial charge in [0.25, 0.3) is 11.5 Å². The second-order valence-corrected chi connectivity index (χ2v) is 4.72. The fourth-order valence-electron chi connectivity index (χ4n) is 2.21. The van der Waals surface area contributed by atoms with E-state index >= 15 is 0 Å². The molecule has 7 nitrogen and oxygen atoms in total. The van der Waals surface area contributed by atoms with Crippen molar-refractivity contribution in [3.63, 3.8) is 0 Å². The van der Waals surface area contributed by atoms with Crippen LogP contribution in [0.2, 0.25) is 0 Å². The van der Waals surface area contributed by atoms with Crippen LogP contribution in [0.25, 0.3) is 10.8 Å². The molecule has 3 aromatic rings. The van der Waals surface area contributed by atoms with E-state index in [2.05, 4.69) is 21.5 Å².